The topological polar surface area (TPSA) is 52.7 Å². The van der Waals surface area contributed by atoms with Crippen LogP contribution in [0.25, 0.3) is 0 Å². The predicted molar refractivity (Wildman–Crippen MR) is 101 cm³/mol. The van der Waals surface area contributed by atoms with Gasteiger partial charge in [0, 0.05) is 38.3 Å². The van der Waals surface area contributed by atoms with Crippen LogP contribution < -0.4 is 5.32 Å². The maximum atomic E-state index is 12.8. The van der Waals surface area contributed by atoms with E-state index < -0.39 is 0 Å². The maximum Gasteiger partial charge on any atom is 0.317 e. The number of nitrogens with one attached hydrogen (secondary N) is 1. The number of hydrogen-bond acceptors (Lipinski definition) is 2. The molecule has 0 unspecified atom stereocenters. The van der Waals surface area contributed by atoms with Crippen LogP contribution in [-0.4, -0.2) is 54.5 Å². The summed E-state index contributed by atoms with van der Waals surface area (Å²) in [6.07, 6.45) is 1.74. The van der Waals surface area contributed by atoms with Gasteiger partial charge in [0.1, 0.15) is 0 Å². The highest BCUT2D eigenvalue weighted by Gasteiger charge is 2.23. The van der Waals surface area contributed by atoms with E-state index in [2.05, 4.69) is 26.1 Å². The Kier molecular flexibility index (Phi) is 6.45. The van der Waals surface area contributed by atoms with Crippen molar-refractivity contribution in [1.82, 2.24) is 15.1 Å². The second-order valence-electron chi connectivity index (χ2n) is 7.69. The van der Waals surface area contributed by atoms with E-state index in [4.69, 9.17) is 0 Å². The number of benzene rings is 1. The Bertz CT molecular complexity index is 590. The van der Waals surface area contributed by atoms with Gasteiger partial charge in [-0.2, -0.15) is 0 Å². The first kappa shape index (κ1) is 19.3. The highest BCUT2D eigenvalue weighted by molar-refractivity contribution is 5.94. The van der Waals surface area contributed by atoms with Crippen molar-refractivity contribution in [1.29, 1.82) is 0 Å². The van der Waals surface area contributed by atoms with Crippen molar-refractivity contribution in [3.05, 3.63) is 35.4 Å². The van der Waals surface area contributed by atoms with Gasteiger partial charge < -0.3 is 15.1 Å². The first-order chi connectivity index (χ1) is 11.8. The Morgan fingerprint density at radius 2 is 1.60 bits per heavy atom. The Balaban J connectivity index is 1.97. The van der Waals surface area contributed by atoms with Gasteiger partial charge in [-0.1, -0.05) is 39.8 Å². The molecule has 1 aliphatic heterocycles. The van der Waals surface area contributed by atoms with Gasteiger partial charge >= 0.3 is 6.03 Å². The quantitative estimate of drug-likeness (QED) is 0.914. The van der Waals surface area contributed by atoms with Crippen LogP contribution in [0.3, 0.4) is 0 Å². The van der Waals surface area contributed by atoms with Gasteiger partial charge in [-0.05, 0) is 36.0 Å². The van der Waals surface area contributed by atoms with Crippen molar-refractivity contribution in [2.45, 2.75) is 46.0 Å². The molecule has 1 saturated heterocycles. The molecular formula is C20H31N3O2. The van der Waals surface area contributed by atoms with Crippen molar-refractivity contribution in [2.24, 2.45) is 0 Å². The average molecular weight is 345 g/mol. The fourth-order valence-corrected chi connectivity index (χ4v) is 2.96. The zero-order valence-electron chi connectivity index (χ0n) is 16.0. The minimum absolute atomic E-state index is 0.0225. The van der Waals surface area contributed by atoms with E-state index in [0.717, 1.165) is 18.4 Å². The first-order valence-electron chi connectivity index (χ1n) is 9.25. The molecule has 0 bridgehead atoms. The van der Waals surface area contributed by atoms with Crippen LogP contribution in [0.1, 0.15) is 56.5 Å². The monoisotopic (exact) mass is 345 g/mol. The van der Waals surface area contributed by atoms with Gasteiger partial charge in [-0.3, -0.25) is 4.79 Å². The predicted octanol–water partition coefficient (Wildman–Crippen LogP) is 3.25. The smallest absolute Gasteiger partial charge is 0.317 e. The summed E-state index contributed by atoms with van der Waals surface area (Å²) in [5.74, 6) is 0.0521. The SMILES string of the molecule is CCCNC(=O)N1CCCN(C(=O)c2ccc(C(C)(C)C)cc2)CC1. The Morgan fingerprint density at radius 3 is 2.20 bits per heavy atom. The fourth-order valence-electron chi connectivity index (χ4n) is 2.96. The van der Waals surface area contributed by atoms with Crippen LogP contribution in [0, 0.1) is 0 Å². The minimum Gasteiger partial charge on any atom is -0.338 e. The Hall–Kier alpha value is -2.04. The summed E-state index contributed by atoms with van der Waals surface area (Å²) >= 11 is 0. The number of rotatable bonds is 3. The lowest BCUT2D eigenvalue weighted by Crippen LogP contribution is -2.42. The maximum absolute atomic E-state index is 12.8. The van der Waals surface area contributed by atoms with E-state index in [0.29, 0.717) is 32.7 Å². The number of hydrogen-bond donors (Lipinski definition) is 1. The molecule has 0 atom stereocenters. The molecule has 5 nitrogen and oxygen atoms in total. The molecule has 2 rings (SSSR count). The normalized spacial score (nSPS) is 15.7. The van der Waals surface area contributed by atoms with Gasteiger partial charge in [0.15, 0.2) is 0 Å². The molecule has 1 fully saturated rings. The van der Waals surface area contributed by atoms with E-state index >= 15 is 0 Å². The highest BCUT2D eigenvalue weighted by Crippen LogP contribution is 2.22. The van der Waals surface area contributed by atoms with Crippen molar-refractivity contribution < 1.29 is 9.59 Å². The summed E-state index contributed by atoms with van der Waals surface area (Å²) in [5.41, 5.74) is 2.02. The lowest BCUT2D eigenvalue weighted by molar-refractivity contribution is 0.0762. The van der Waals surface area contributed by atoms with Crippen LogP contribution in [0.2, 0.25) is 0 Å². The molecule has 0 spiro atoms. The van der Waals surface area contributed by atoms with E-state index in [9.17, 15) is 9.59 Å². The van der Waals surface area contributed by atoms with Gasteiger partial charge in [0.2, 0.25) is 0 Å². The second-order valence-corrected chi connectivity index (χ2v) is 7.69. The third-order valence-electron chi connectivity index (χ3n) is 4.59. The summed E-state index contributed by atoms with van der Waals surface area (Å²) < 4.78 is 0. The minimum atomic E-state index is -0.0225. The molecular weight excluding hydrogens is 314 g/mol. The molecule has 25 heavy (non-hydrogen) atoms. The van der Waals surface area contributed by atoms with Gasteiger partial charge in [0.25, 0.3) is 5.91 Å². The Morgan fingerprint density at radius 1 is 1.00 bits per heavy atom. The average Bonchev–Trinajstić information content (AvgIpc) is 2.84. The lowest BCUT2D eigenvalue weighted by atomic mass is 9.86. The molecule has 138 valence electrons. The number of amides is 3. The number of nitrogens with zero attached hydrogens (tertiary/aromatic N) is 2. The van der Waals surface area contributed by atoms with Crippen LogP contribution in [0.5, 0.6) is 0 Å². The van der Waals surface area contributed by atoms with Crippen LogP contribution in [-0.2, 0) is 5.41 Å². The molecule has 0 aromatic heterocycles. The lowest BCUT2D eigenvalue weighted by Gasteiger charge is -2.23. The molecule has 1 N–H and O–H groups in total. The first-order valence-corrected chi connectivity index (χ1v) is 9.25. The Labute approximate surface area is 151 Å². The second kappa shape index (κ2) is 8.37. The summed E-state index contributed by atoms with van der Waals surface area (Å²) in [5, 5.41) is 2.91. The number of carbonyl (C=O) groups is 2. The van der Waals surface area contributed by atoms with Crippen molar-refractivity contribution in [3.8, 4) is 0 Å². The number of carbonyl (C=O) groups excluding carboxylic acids is 2. The molecule has 0 aliphatic carbocycles. The van der Waals surface area contributed by atoms with Crippen LogP contribution in [0.4, 0.5) is 4.79 Å². The summed E-state index contributed by atoms with van der Waals surface area (Å²) in [6, 6.07) is 7.88. The highest BCUT2D eigenvalue weighted by atomic mass is 16.2. The summed E-state index contributed by atoms with van der Waals surface area (Å²) in [4.78, 5) is 28.5. The van der Waals surface area contributed by atoms with Crippen molar-refractivity contribution in [3.63, 3.8) is 0 Å². The van der Waals surface area contributed by atoms with Crippen LogP contribution in [0.15, 0.2) is 24.3 Å². The molecule has 1 aromatic carbocycles. The molecule has 0 saturated carbocycles. The molecule has 0 radical (unpaired) electrons. The zero-order valence-corrected chi connectivity index (χ0v) is 16.0. The molecule has 1 heterocycles. The largest absolute Gasteiger partial charge is 0.338 e. The summed E-state index contributed by atoms with van der Waals surface area (Å²) in [7, 11) is 0. The van der Waals surface area contributed by atoms with E-state index in [-0.39, 0.29) is 17.4 Å². The molecule has 3 amide bonds. The standard InChI is InChI=1S/C20H31N3O2/c1-5-11-21-19(25)23-13-6-12-22(14-15-23)18(24)16-7-9-17(10-8-16)20(2,3)4/h7-10H,5-6,11-15H2,1-4H3,(H,21,25). The van der Waals surface area contributed by atoms with E-state index in [1.807, 2.05) is 41.0 Å². The molecule has 1 aliphatic rings. The van der Waals surface area contributed by atoms with Gasteiger partial charge in [-0.15, -0.1) is 0 Å². The van der Waals surface area contributed by atoms with E-state index in [1.54, 1.807) is 0 Å². The number of urea groups is 1. The van der Waals surface area contributed by atoms with Crippen molar-refractivity contribution in [2.75, 3.05) is 32.7 Å². The van der Waals surface area contributed by atoms with Gasteiger partial charge in [-0.25, -0.2) is 4.79 Å². The zero-order chi connectivity index (χ0) is 18.4. The fraction of sp³-hybridized carbons (Fsp3) is 0.600. The van der Waals surface area contributed by atoms with Crippen molar-refractivity contribution >= 4 is 11.9 Å². The molecule has 1 aromatic rings. The van der Waals surface area contributed by atoms with Gasteiger partial charge in [0.05, 0.1) is 0 Å². The van der Waals surface area contributed by atoms with Crippen LogP contribution >= 0.6 is 0 Å². The summed E-state index contributed by atoms with van der Waals surface area (Å²) in [6.45, 7) is 11.8. The third-order valence-corrected chi connectivity index (χ3v) is 4.59. The third kappa shape index (κ3) is 5.21. The molecule has 5 heteroatoms. The van der Waals surface area contributed by atoms with E-state index in [1.165, 1.54) is 5.56 Å².